The molecule has 7 heteroatoms. The number of Topliss-reactive ketones (excluding diaryl/α,β-unsaturated/α-hetero) is 1. The smallest absolute Gasteiger partial charge is 0.195 e. The van der Waals surface area contributed by atoms with Gasteiger partial charge in [-0.25, -0.2) is 0 Å². The fraction of sp³-hybridized carbons (Fsp3) is 0.720. The van der Waals surface area contributed by atoms with Crippen LogP contribution in [0.4, 0.5) is 0 Å². The lowest BCUT2D eigenvalue weighted by molar-refractivity contribution is -0.301. The summed E-state index contributed by atoms with van der Waals surface area (Å²) in [6.45, 7) is 16.9. The summed E-state index contributed by atoms with van der Waals surface area (Å²) in [6.07, 6.45) is -2.05. The van der Waals surface area contributed by atoms with Crippen molar-refractivity contribution in [2.45, 2.75) is 109 Å². The molecule has 1 saturated heterocycles. The van der Waals surface area contributed by atoms with Gasteiger partial charge in [-0.05, 0) is 44.0 Å². The zero-order valence-electron chi connectivity index (χ0n) is 21.0. The number of carbonyl (C=O) groups is 1. The minimum absolute atomic E-state index is 0.0461. The molecule has 0 aromatic heterocycles. The molecular formula is C25H42O6Si. The van der Waals surface area contributed by atoms with Crippen LogP contribution in [-0.2, 0) is 30.0 Å². The van der Waals surface area contributed by atoms with E-state index in [9.17, 15) is 9.90 Å². The van der Waals surface area contributed by atoms with E-state index in [1.165, 1.54) is 0 Å². The fourth-order valence-electron chi connectivity index (χ4n) is 3.50. The second-order valence-corrected chi connectivity index (χ2v) is 15.4. The van der Waals surface area contributed by atoms with Crippen LogP contribution in [0.5, 0.6) is 0 Å². The van der Waals surface area contributed by atoms with Crippen LogP contribution in [0.25, 0.3) is 0 Å². The highest BCUT2D eigenvalue weighted by Crippen LogP contribution is 2.39. The molecule has 1 aliphatic heterocycles. The summed E-state index contributed by atoms with van der Waals surface area (Å²) in [5, 5.41) is 10.6. The van der Waals surface area contributed by atoms with Crippen molar-refractivity contribution in [3.8, 4) is 0 Å². The fourth-order valence-corrected chi connectivity index (χ4v) is 4.80. The van der Waals surface area contributed by atoms with E-state index in [1.807, 2.05) is 37.3 Å². The molecule has 1 aliphatic rings. The zero-order chi connectivity index (χ0) is 24.2. The predicted octanol–water partition coefficient (Wildman–Crippen LogP) is 4.84. The van der Waals surface area contributed by atoms with Crippen molar-refractivity contribution in [1.82, 2.24) is 0 Å². The maximum Gasteiger partial charge on any atom is 0.195 e. The molecule has 1 N–H and O–H groups in total. The molecule has 0 aliphatic carbocycles. The summed E-state index contributed by atoms with van der Waals surface area (Å²) in [4.78, 5) is 13.4. The molecule has 6 nitrogen and oxygen atoms in total. The Morgan fingerprint density at radius 3 is 2.28 bits per heavy atom. The summed E-state index contributed by atoms with van der Waals surface area (Å²) < 4.78 is 24.6. The second kappa shape index (κ2) is 10.9. The van der Waals surface area contributed by atoms with E-state index in [0.29, 0.717) is 13.0 Å². The number of rotatable bonds is 10. The van der Waals surface area contributed by atoms with Gasteiger partial charge in [-0.3, -0.25) is 4.79 Å². The maximum atomic E-state index is 13.4. The Balaban J connectivity index is 2.27. The topological polar surface area (TPSA) is 74.2 Å². The molecule has 1 heterocycles. The minimum atomic E-state index is -2.24. The normalized spacial score (nSPS) is 23.7. The number of aliphatic hydroxyl groups excluding tert-OH is 1. The van der Waals surface area contributed by atoms with Crippen LogP contribution in [0.3, 0.4) is 0 Å². The van der Waals surface area contributed by atoms with Crippen molar-refractivity contribution >= 4 is 14.1 Å². The SMILES string of the molecule is CCC[C@@H](O)[C@H]1OC(C)(C)O[C@H]([C@@H](COCc2ccccc2)O[Si](C)(C)C(C)(C)C)C1=O. The Kier molecular flexibility index (Phi) is 9.24. The van der Waals surface area contributed by atoms with Gasteiger partial charge in [0.05, 0.1) is 19.3 Å². The molecule has 1 aromatic carbocycles. The highest BCUT2D eigenvalue weighted by atomic mass is 28.4. The summed E-state index contributed by atoms with van der Waals surface area (Å²) >= 11 is 0. The van der Waals surface area contributed by atoms with E-state index in [-0.39, 0.29) is 17.4 Å². The third-order valence-electron chi connectivity index (χ3n) is 6.30. The molecule has 4 atom stereocenters. The second-order valence-electron chi connectivity index (χ2n) is 10.7. The monoisotopic (exact) mass is 466 g/mol. The van der Waals surface area contributed by atoms with Gasteiger partial charge in [0, 0.05) is 0 Å². The van der Waals surface area contributed by atoms with Crippen LogP contribution in [0.1, 0.15) is 59.9 Å². The van der Waals surface area contributed by atoms with E-state index in [4.69, 9.17) is 18.6 Å². The van der Waals surface area contributed by atoms with Gasteiger partial charge in [-0.1, -0.05) is 64.4 Å². The van der Waals surface area contributed by atoms with Gasteiger partial charge in [0.2, 0.25) is 0 Å². The van der Waals surface area contributed by atoms with Gasteiger partial charge in [0.1, 0.15) is 18.3 Å². The van der Waals surface area contributed by atoms with Gasteiger partial charge in [0.15, 0.2) is 19.9 Å². The van der Waals surface area contributed by atoms with Crippen molar-refractivity contribution in [3.05, 3.63) is 35.9 Å². The number of hydrogen-bond acceptors (Lipinski definition) is 6. The lowest BCUT2D eigenvalue weighted by atomic mass is 9.96. The maximum absolute atomic E-state index is 13.4. The first-order valence-electron chi connectivity index (χ1n) is 11.6. The highest BCUT2D eigenvalue weighted by molar-refractivity contribution is 6.74. The van der Waals surface area contributed by atoms with Gasteiger partial charge in [-0.2, -0.15) is 0 Å². The van der Waals surface area contributed by atoms with Crippen molar-refractivity contribution in [3.63, 3.8) is 0 Å². The quantitative estimate of drug-likeness (QED) is 0.497. The number of carbonyl (C=O) groups excluding carboxylic acids is 1. The number of benzene rings is 1. The Morgan fingerprint density at radius 1 is 1.12 bits per heavy atom. The Bertz CT molecular complexity index is 728. The summed E-state index contributed by atoms with van der Waals surface area (Å²) in [5.41, 5.74) is 1.05. The van der Waals surface area contributed by atoms with Crippen LogP contribution >= 0.6 is 0 Å². The van der Waals surface area contributed by atoms with E-state index >= 15 is 0 Å². The number of ketones is 1. The largest absolute Gasteiger partial charge is 0.408 e. The van der Waals surface area contributed by atoms with Crippen LogP contribution in [0.2, 0.25) is 18.1 Å². The van der Waals surface area contributed by atoms with Crippen LogP contribution in [0.15, 0.2) is 30.3 Å². The molecule has 0 amide bonds. The van der Waals surface area contributed by atoms with E-state index < -0.39 is 38.5 Å². The standard InChI is InChI=1S/C25H42O6Si/c1-9-13-19(26)22-21(27)23(30-25(5,6)29-22)20(31-32(7,8)24(2,3)4)17-28-16-18-14-11-10-12-15-18/h10-12,14-15,19-20,22-23,26H,9,13,16-17H2,1-8H3/t19-,20-,22-,23-/m1/s1. The van der Waals surface area contributed by atoms with Gasteiger partial charge >= 0.3 is 0 Å². The molecule has 0 saturated carbocycles. The first kappa shape index (κ1) is 27.2. The molecular weight excluding hydrogens is 424 g/mol. The predicted molar refractivity (Wildman–Crippen MR) is 128 cm³/mol. The number of ether oxygens (including phenoxy) is 3. The lowest BCUT2D eigenvalue weighted by Gasteiger charge is -2.46. The first-order chi connectivity index (χ1) is 14.8. The van der Waals surface area contributed by atoms with Gasteiger partial charge in [0.25, 0.3) is 0 Å². The number of hydrogen-bond donors (Lipinski definition) is 1. The molecule has 1 fully saturated rings. The van der Waals surface area contributed by atoms with Crippen molar-refractivity contribution in [1.29, 1.82) is 0 Å². The third-order valence-corrected chi connectivity index (χ3v) is 10.8. The first-order valence-corrected chi connectivity index (χ1v) is 14.5. The van der Waals surface area contributed by atoms with Crippen molar-refractivity contribution < 1.29 is 28.5 Å². The molecule has 0 radical (unpaired) electrons. The molecule has 0 bridgehead atoms. The molecule has 182 valence electrons. The Labute approximate surface area is 194 Å². The van der Waals surface area contributed by atoms with Crippen molar-refractivity contribution in [2.75, 3.05) is 6.61 Å². The molecule has 0 spiro atoms. The number of aliphatic hydroxyl groups is 1. The van der Waals surface area contributed by atoms with Crippen molar-refractivity contribution in [2.24, 2.45) is 0 Å². The average molecular weight is 467 g/mol. The minimum Gasteiger partial charge on any atom is -0.408 e. The zero-order valence-corrected chi connectivity index (χ0v) is 22.0. The Hall–Kier alpha value is -1.09. The summed E-state index contributed by atoms with van der Waals surface area (Å²) in [5.74, 6) is -1.30. The molecule has 0 unspecified atom stereocenters. The Morgan fingerprint density at radius 2 is 1.72 bits per heavy atom. The average Bonchev–Trinajstić information content (AvgIpc) is 2.68. The van der Waals surface area contributed by atoms with E-state index in [2.05, 4.69) is 33.9 Å². The van der Waals surface area contributed by atoms with Crippen LogP contribution in [0, 0.1) is 0 Å². The van der Waals surface area contributed by atoms with Gasteiger partial charge < -0.3 is 23.7 Å². The van der Waals surface area contributed by atoms with E-state index in [0.717, 1.165) is 12.0 Å². The van der Waals surface area contributed by atoms with E-state index in [1.54, 1.807) is 13.8 Å². The summed E-state index contributed by atoms with van der Waals surface area (Å²) in [6, 6.07) is 9.90. The van der Waals surface area contributed by atoms with Crippen LogP contribution < -0.4 is 0 Å². The molecule has 2 rings (SSSR count). The van der Waals surface area contributed by atoms with Gasteiger partial charge in [-0.15, -0.1) is 0 Å². The highest BCUT2D eigenvalue weighted by Gasteiger charge is 2.50. The third kappa shape index (κ3) is 7.20. The van der Waals surface area contributed by atoms with Crippen LogP contribution in [-0.4, -0.2) is 56.0 Å². The molecule has 1 aromatic rings. The summed E-state index contributed by atoms with van der Waals surface area (Å²) in [7, 11) is -2.24. The molecule has 32 heavy (non-hydrogen) atoms. The lowest BCUT2D eigenvalue weighted by Crippen LogP contribution is -2.61.